The van der Waals surface area contributed by atoms with Gasteiger partial charge in [0, 0.05) is 24.2 Å². The fourth-order valence-corrected chi connectivity index (χ4v) is 6.23. The molecule has 0 radical (unpaired) electrons. The largest absolute Gasteiger partial charge is 0.477 e. The minimum atomic E-state index is -1.79. The van der Waals surface area contributed by atoms with Crippen LogP contribution in [0.4, 0.5) is 0 Å². The van der Waals surface area contributed by atoms with Gasteiger partial charge in [0.05, 0.1) is 6.20 Å². The zero-order chi connectivity index (χ0) is 23.6. The highest BCUT2D eigenvalue weighted by molar-refractivity contribution is 8.01. The molecule has 2 aliphatic rings. The highest BCUT2D eigenvalue weighted by Gasteiger charge is 2.66. The van der Waals surface area contributed by atoms with Crippen molar-refractivity contribution in [1.82, 2.24) is 25.6 Å². The van der Waals surface area contributed by atoms with E-state index in [1.807, 2.05) is 0 Å². The number of carboxylic acids is 1. The average Bonchev–Trinajstić information content (AvgIpc) is 3.35. The number of aromatic nitrogens is 3. The van der Waals surface area contributed by atoms with Crippen molar-refractivity contribution in [2.75, 3.05) is 18.6 Å². The molecule has 3 heterocycles. The minimum absolute atomic E-state index is 0.00655. The maximum Gasteiger partial charge on any atom is 0.352 e. The Morgan fingerprint density at radius 3 is 2.76 bits per heavy atom. The first kappa shape index (κ1) is 23.2. The van der Waals surface area contributed by atoms with Crippen molar-refractivity contribution in [2.45, 2.75) is 16.1 Å². The number of β-lactam (4-membered cyclic amide) rings is 1. The average molecular weight is 508 g/mol. The number of aliphatic carboxylic acids is 1. The van der Waals surface area contributed by atoms with Gasteiger partial charge in [-0.3, -0.25) is 19.6 Å². The molecule has 1 fully saturated rings. The van der Waals surface area contributed by atoms with Gasteiger partial charge in [-0.05, 0) is 5.57 Å². The zero-order valence-electron chi connectivity index (χ0n) is 17.0. The summed E-state index contributed by atoms with van der Waals surface area (Å²) in [5, 5.41) is 22.2. The summed E-state index contributed by atoms with van der Waals surface area (Å²) in [6, 6.07) is 8.32. The smallest absolute Gasteiger partial charge is 0.352 e. The molecule has 2 aliphatic heterocycles. The Morgan fingerprint density at radius 1 is 1.39 bits per heavy atom. The molecular weight excluding hydrogens is 490 g/mol. The lowest BCUT2D eigenvalue weighted by Gasteiger charge is -2.55. The highest BCUT2D eigenvalue weighted by Crippen LogP contribution is 2.47. The van der Waals surface area contributed by atoms with E-state index < -0.39 is 28.9 Å². The molecule has 0 aliphatic carbocycles. The zero-order valence-corrected chi connectivity index (χ0v) is 19.5. The van der Waals surface area contributed by atoms with Crippen LogP contribution in [0.15, 0.2) is 52.8 Å². The van der Waals surface area contributed by atoms with Gasteiger partial charge < -0.3 is 15.2 Å². The van der Waals surface area contributed by atoms with Crippen LogP contribution in [0.2, 0.25) is 0 Å². The molecule has 172 valence electrons. The molecule has 2 aromatic rings. The molecule has 2 amide bonds. The lowest BCUT2D eigenvalue weighted by molar-refractivity contribution is -0.191. The van der Waals surface area contributed by atoms with Crippen LogP contribution in [0.1, 0.15) is 5.56 Å². The molecule has 33 heavy (non-hydrogen) atoms. The van der Waals surface area contributed by atoms with Gasteiger partial charge in [-0.1, -0.05) is 35.5 Å². The van der Waals surface area contributed by atoms with Crippen molar-refractivity contribution in [2.24, 2.45) is 0 Å². The van der Waals surface area contributed by atoms with E-state index in [-0.39, 0.29) is 21.8 Å². The van der Waals surface area contributed by atoms with E-state index in [4.69, 9.17) is 4.74 Å². The highest BCUT2D eigenvalue weighted by atomic mass is 32.2. The lowest BCUT2D eigenvalue weighted by Crippen LogP contribution is -2.81. The van der Waals surface area contributed by atoms with E-state index in [9.17, 15) is 23.7 Å². The van der Waals surface area contributed by atoms with Crippen LogP contribution in [-0.4, -0.2) is 82.0 Å². The van der Waals surface area contributed by atoms with Gasteiger partial charge in [0.2, 0.25) is 0 Å². The number of carboxylic acid groups (broad SMARTS) is 1. The number of aromatic amines is 1. The molecule has 3 N–H and O–H groups in total. The van der Waals surface area contributed by atoms with Crippen molar-refractivity contribution in [3.8, 4) is 0 Å². The summed E-state index contributed by atoms with van der Waals surface area (Å²) in [4.78, 5) is 39.1. The Bertz CT molecular complexity index is 1180. The van der Waals surface area contributed by atoms with Crippen LogP contribution in [0.25, 0.3) is 0 Å². The molecule has 1 saturated heterocycles. The Kier molecular flexibility index (Phi) is 6.69. The standard InChI is InChI=1S/C19H17N5O6S3/c1-30-19(21-15(25)14(33-29)10-5-3-2-4-6-10)17(28)24-13(16(26)27)11(9-32-18(19)24)8-31-12-7-20-23-22-12/h2-7,18H,8-9H2,1H3,(H,21,25)(H,26,27)(H,20,22,23)/t18-,19+/m1/s1. The summed E-state index contributed by atoms with van der Waals surface area (Å²) in [6.45, 7) is 0. The first-order valence-corrected chi connectivity index (χ1v) is 12.2. The minimum Gasteiger partial charge on any atom is -0.477 e. The molecule has 0 unspecified atom stereocenters. The number of nitrogens with one attached hydrogen (secondary N) is 2. The second kappa shape index (κ2) is 9.51. The number of methoxy groups -OCH3 is 1. The monoisotopic (exact) mass is 507 g/mol. The molecular formula is C19H17N5O6S3. The first-order valence-electron chi connectivity index (χ1n) is 9.42. The number of H-pyrrole nitrogens is 1. The summed E-state index contributed by atoms with van der Waals surface area (Å²) in [7, 11) is 1.25. The van der Waals surface area contributed by atoms with Crippen LogP contribution >= 0.6 is 23.5 Å². The Morgan fingerprint density at radius 2 is 2.15 bits per heavy atom. The van der Waals surface area contributed by atoms with Gasteiger partial charge in [-0.25, -0.2) is 9.00 Å². The number of nitrogens with zero attached hydrogens (tertiary/aromatic N) is 3. The van der Waals surface area contributed by atoms with Crippen molar-refractivity contribution >= 4 is 57.4 Å². The van der Waals surface area contributed by atoms with Crippen LogP contribution in [0.5, 0.6) is 0 Å². The SMILES string of the molecule is CO[C@@]1(NC(=O)C(=S=O)c2ccccc2)C(=O)N2C(C(=O)O)=C(CSc3cnn[nH]3)CS[C@@H]21. The fourth-order valence-electron chi connectivity index (χ4n) is 3.51. The maximum absolute atomic E-state index is 13.2. The summed E-state index contributed by atoms with van der Waals surface area (Å²) < 4.78 is 17.1. The number of ether oxygens (including phenoxy) is 1. The predicted molar refractivity (Wildman–Crippen MR) is 121 cm³/mol. The van der Waals surface area contributed by atoms with Gasteiger partial charge in [-0.2, -0.15) is 0 Å². The van der Waals surface area contributed by atoms with E-state index in [1.54, 1.807) is 30.3 Å². The third-order valence-electron chi connectivity index (χ3n) is 5.05. The third kappa shape index (κ3) is 4.10. The third-order valence-corrected chi connectivity index (χ3v) is 8.02. The lowest BCUT2D eigenvalue weighted by atomic mass is 9.97. The van der Waals surface area contributed by atoms with Crippen LogP contribution in [-0.2, 0) is 30.4 Å². The molecule has 0 saturated carbocycles. The van der Waals surface area contributed by atoms with E-state index in [2.05, 4.69) is 20.7 Å². The second-order valence-electron chi connectivity index (χ2n) is 6.88. The second-order valence-corrected chi connectivity index (χ2v) is 9.54. The number of benzene rings is 1. The Labute approximate surface area is 199 Å². The number of carbonyl (C=O) groups is 3. The summed E-state index contributed by atoms with van der Waals surface area (Å²) in [6.07, 6.45) is 1.51. The molecule has 1 aromatic carbocycles. The molecule has 0 spiro atoms. The number of amides is 2. The Hall–Kier alpha value is -2.94. The number of rotatable bonds is 8. The number of hydrogen-bond donors (Lipinski definition) is 3. The van der Waals surface area contributed by atoms with Crippen molar-refractivity contribution < 1.29 is 28.4 Å². The van der Waals surface area contributed by atoms with E-state index >= 15 is 0 Å². The molecule has 0 bridgehead atoms. The number of thioether (sulfide) groups is 2. The Balaban J connectivity index is 1.58. The van der Waals surface area contributed by atoms with Crippen molar-refractivity contribution in [3.63, 3.8) is 0 Å². The first-order chi connectivity index (χ1) is 15.9. The number of hydrogen-bond acceptors (Lipinski definition) is 9. The maximum atomic E-state index is 13.2. The quantitative estimate of drug-likeness (QED) is 0.147. The van der Waals surface area contributed by atoms with Crippen molar-refractivity contribution in [1.29, 1.82) is 0 Å². The van der Waals surface area contributed by atoms with E-state index in [0.29, 0.717) is 27.7 Å². The van der Waals surface area contributed by atoms with Crippen molar-refractivity contribution in [3.05, 3.63) is 53.4 Å². The van der Waals surface area contributed by atoms with E-state index in [0.717, 1.165) is 4.90 Å². The summed E-state index contributed by atoms with van der Waals surface area (Å²) in [5.41, 5.74) is -0.986. The topological polar surface area (TPSA) is 155 Å². The van der Waals surface area contributed by atoms with Gasteiger partial charge in [0.15, 0.2) is 0 Å². The van der Waals surface area contributed by atoms with Gasteiger partial charge >= 0.3 is 5.97 Å². The van der Waals surface area contributed by atoms with Gasteiger partial charge in [0.1, 0.15) is 32.2 Å². The number of fused-ring (bicyclic) bond motifs is 1. The van der Waals surface area contributed by atoms with Crippen LogP contribution in [0, 0.1) is 0 Å². The molecule has 14 heteroatoms. The summed E-state index contributed by atoms with van der Waals surface area (Å²) in [5.74, 6) is -2.14. The van der Waals surface area contributed by atoms with Gasteiger partial charge in [-0.15, -0.1) is 28.6 Å². The van der Waals surface area contributed by atoms with E-state index in [1.165, 1.54) is 36.8 Å². The van der Waals surface area contributed by atoms with Crippen LogP contribution < -0.4 is 5.32 Å². The molecule has 4 rings (SSSR count). The molecule has 11 nitrogen and oxygen atoms in total. The fraction of sp³-hybridized carbons (Fsp3) is 0.263. The normalized spacial score (nSPS) is 21.8. The van der Waals surface area contributed by atoms with Gasteiger partial charge in [0.25, 0.3) is 17.5 Å². The number of carbonyl (C=O) groups excluding carboxylic acids is 2. The predicted octanol–water partition coefficient (Wildman–Crippen LogP) is 0.0432. The van der Waals surface area contributed by atoms with Crippen LogP contribution in [0.3, 0.4) is 0 Å². The molecule has 1 aromatic heterocycles. The summed E-state index contributed by atoms with van der Waals surface area (Å²) >= 11 is 2.58. The molecule has 2 atom stereocenters.